The zero-order valence-electron chi connectivity index (χ0n) is 10.7. The zero-order valence-corrected chi connectivity index (χ0v) is 10.7. The van der Waals surface area contributed by atoms with E-state index in [1.165, 1.54) is 0 Å². The molecule has 0 spiro atoms. The maximum atomic E-state index is 12.7. The van der Waals surface area contributed by atoms with Crippen LogP contribution in [-0.2, 0) is 9.53 Å². The van der Waals surface area contributed by atoms with Crippen molar-refractivity contribution < 1.29 is 14.6 Å². The summed E-state index contributed by atoms with van der Waals surface area (Å²) in [6.45, 7) is 3.82. The SMILES string of the molecule is CCC1(C(=O)N2CCOCC2CO)CCCC1. The van der Waals surface area contributed by atoms with Gasteiger partial charge in [-0.25, -0.2) is 0 Å². The third kappa shape index (κ3) is 2.33. The van der Waals surface area contributed by atoms with Crippen molar-refractivity contribution in [1.82, 2.24) is 4.90 Å². The van der Waals surface area contributed by atoms with E-state index in [-0.39, 0.29) is 24.0 Å². The second kappa shape index (κ2) is 5.36. The van der Waals surface area contributed by atoms with E-state index in [9.17, 15) is 9.90 Å². The van der Waals surface area contributed by atoms with Crippen LogP contribution in [0.4, 0.5) is 0 Å². The van der Waals surface area contributed by atoms with Crippen molar-refractivity contribution >= 4 is 5.91 Å². The highest BCUT2D eigenvalue weighted by atomic mass is 16.5. The molecule has 1 aliphatic carbocycles. The number of aliphatic hydroxyl groups is 1. The summed E-state index contributed by atoms with van der Waals surface area (Å²) in [4.78, 5) is 14.5. The summed E-state index contributed by atoms with van der Waals surface area (Å²) in [6, 6.07) is -0.139. The Balaban J connectivity index is 2.11. The molecule has 2 fully saturated rings. The number of carbonyl (C=O) groups excluding carboxylic acids is 1. The minimum atomic E-state index is -0.148. The molecule has 17 heavy (non-hydrogen) atoms. The summed E-state index contributed by atoms with van der Waals surface area (Å²) in [6.07, 6.45) is 5.26. The van der Waals surface area contributed by atoms with Gasteiger partial charge in [-0.15, -0.1) is 0 Å². The average Bonchev–Trinajstić information content (AvgIpc) is 2.88. The van der Waals surface area contributed by atoms with Crippen LogP contribution in [0.15, 0.2) is 0 Å². The Bertz CT molecular complexity index is 274. The maximum absolute atomic E-state index is 12.7. The summed E-state index contributed by atoms with van der Waals surface area (Å²) in [7, 11) is 0. The Morgan fingerprint density at radius 3 is 2.76 bits per heavy atom. The lowest BCUT2D eigenvalue weighted by Crippen LogP contribution is -2.54. The lowest BCUT2D eigenvalue weighted by atomic mass is 9.81. The first-order valence-electron chi connectivity index (χ1n) is 6.73. The molecule has 1 aliphatic heterocycles. The van der Waals surface area contributed by atoms with Gasteiger partial charge >= 0.3 is 0 Å². The fourth-order valence-electron chi connectivity index (χ4n) is 3.15. The molecule has 2 aliphatic rings. The minimum absolute atomic E-state index is 0.00549. The van der Waals surface area contributed by atoms with Crippen molar-refractivity contribution in [1.29, 1.82) is 0 Å². The molecule has 1 unspecified atom stereocenters. The van der Waals surface area contributed by atoms with Gasteiger partial charge in [-0.1, -0.05) is 19.8 Å². The molecule has 4 nitrogen and oxygen atoms in total. The molecular formula is C13H23NO3. The first-order valence-corrected chi connectivity index (χ1v) is 6.73. The van der Waals surface area contributed by atoms with Crippen LogP contribution < -0.4 is 0 Å². The fourth-order valence-corrected chi connectivity index (χ4v) is 3.15. The lowest BCUT2D eigenvalue weighted by Gasteiger charge is -2.40. The number of hydrogen-bond acceptors (Lipinski definition) is 3. The molecule has 1 N–H and O–H groups in total. The van der Waals surface area contributed by atoms with Crippen LogP contribution in [0, 0.1) is 5.41 Å². The van der Waals surface area contributed by atoms with E-state index in [1.54, 1.807) is 0 Å². The van der Waals surface area contributed by atoms with Gasteiger partial charge in [0, 0.05) is 12.0 Å². The van der Waals surface area contributed by atoms with E-state index < -0.39 is 0 Å². The van der Waals surface area contributed by atoms with Crippen LogP contribution in [-0.4, -0.2) is 48.3 Å². The molecule has 0 aromatic carbocycles. The first kappa shape index (κ1) is 12.8. The maximum Gasteiger partial charge on any atom is 0.229 e. The second-order valence-corrected chi connectivity index (χ2v) is 5.25. The van der Waals surface area contributed by atoms with Crippen LogP contribution >= 0.6 is 0 Å². The van der Waals surface area contributed by atoms with E-state index in [0.29, 0.717) is 19.8 Å². The van der Waals surface area contributed by atoms with Crippen molar-refractivity contribution in [2.45, 2.75) is 45.1 Å². The topological polar surface area (TPSA) is 49.8 Å². The van der Waals surface area contributed by atoms with Crippen LogP contribution in [0.2, 0.25) is 0 Å². The predicted molar refractivity (Wildman–Crippen MR) is 64.6 cm³/mol. The van der Waals surface area contributed by atoms with Crippen LogP contribution in [0.25, 0.3) is 0 Å². The molecular weight excluding hydrogens is 218 g/mol. The van der Waals surface area contributed by atoms with Gasteiger partial charge in [0.2, 0.25) is 5.91 Å². The standard InChI is InChI=1S/C13H23NO3/c1-2-13(5-3-4-6-13)12(16)14-7-8-17-10-11(14)9-15/h11,15H,2-10H2,1H3. The van der Waals surface area contributed by atoms with Gasteiger partial charge in [0.15, 0.2) is 0 Å². The Morgan fingerprint density at radius 1 is 1.47 bits per heavy atom. The largest absolute Gasteiger partial charge is 0.394 e. The molecule has 1 atom stereocenters. The van der Waals surface area contributed by atoms with Crippen LogP contribution in [0.5, 0.6) is 0 Å². The summed E-state index contributed by atoms with van der Waals surface area (Å²) < 4.78 is 5.33. The Labute approximate surface area is 103 Å². The smallest absolute Gasteiger partial charge is 0.229 e. The van der Waals surface area contributed by atoms with Crippen molar-refractivity contribution in [3.05, 3.63) is 0 Å². The number of amides is 1. The molecule has 1 amide bonds. The molecule has 0 bridgehead atoms. The van der Waals surface area contributed by atoms with Gasteiger partial charge in [-0.2, -0.15) is 0 Å². The van der Waals surface area contributed by atoms with Gasteiger partial charge in [-0.3, -0.25) is 4.79 Å². The van der Waals surface area contributed by atoms with Gasteiger partial charge in [-0.05, 0) is 19.3 Å². The van der Waals surface area contributed by atoms with E-state index in [1.807, 2.05) is 4.90 Å². The molecule has 1 saturated heterocycles. The number of ether oxygens (including phenoxy) is 1. The monoisotopic (exact) mass is 241 g/mol. The fraction of sp³-hybridized carbons (Fsp3) is 0.923. The van der Waals surface area contributed by atoms with E-state index >= 15 is 0 Å². The molecule has 1 saturated carbocycles. The van der Waals surface area contributed by atoms with Gasteiger partial charge < -0.3 is 14.7 Å². The molecule has 98 valence electrons. The summed E-state index contributed by atoms with van der Waals surface area (Å²) in [5, 5.41) is 9.34. The van der Waals surface area contributed by atoms with Crippen LogP contribution in [0.1, 0.15) is 39.0 Å². The number of nitrogens with zero attached hydrogens (tertiary/aromatic N) is 1. The number of carbonyl (C=O) groups is 1. The molecule has 0 aromatic rings. The average molecular weight is 241 g/mol. The quantitative estimate of drug-likeness (QED) is 0.807. The zero-order chi connectivity index (χ0) is 12.3. The van der Waals surface area contributed by atoms with Gasteiger partial charge in [0.1, 0.15) is 0 Å². The third-order valence-corrected chi connectivity index (χ3v) is 4.39. The predicted octanol–water partition coefficient (Wildman–Crippen LogP) is 1.18. The number of hydrogen-bond donors (Lipinski definition) is 1. The van der Waals surface area contributed by atoms with Crippen molar-refractivity contribution in [3.8, 4) is 0 Å². The van der Waals surface area contributed by atoms with Crippen molar-refractivity contribution in [3.63, 3.8) is 0 Å². The number of rotatable bonds is 3. The molecule has 0 radical (unpaired) electrons. The Hall–Kier alpha value is -0.610. The van der Waals surface area contributed by atoms with Crippen LogP contribution in [0.3, 0.4) is 0 Å². The molecule has 0 aromatic heterocycles. The highest BCUT2D eigenvalue weighted by Crippen LogP contribution is 2.42. The Kier molecular flexibility index (Phi) is 4.05. The Morgan fingerprint density at radius 2 is 2.18 bits per heavy atom. The second-order valence-electron chi connectivity index (χ2n) is 5.25. The highest BCUT2D eigenvalue weighted by Gasteiger charge is 2.43. The lowest BCUT2D eigenvalue weighted by molar-refractivity contribution is -0.152. The minimum Gasteiger partial charge on any atom is -0.394 e. The molecule has 2 rings (SSSR count). The van der Waals surface area contributed by atoms with Crippen molar-refractivity contribution in [2.75, 3.05) is 26.4 Å². The highest BCUT2D eigenvalue weighted by molar-refractivity contribution is 5.83. The van der Waals surface area contributed by atoms with E-state index in [2.05, 4.69) is 6.92 Å². The third-order valence-electron chi connectivity index (χ3n) is 4.39. The number of morpholine rings is 1. The molecule has 1 heterocycles. The normalized spacial score (nSPS) is 28.4. The van der Waals surface area contributed by atoms with Gasteiger partial charge in [0.25, 0.3) is 0 Å². The number of aliphatic hydroxyl groups excluding tert-OH is 1. The molecule has 4 heteroatoms. The van der Waals surface area contributed by atoms with Gasteiger partial charge in [0.05, 0.1) is 25.9 Å². The van der Waals surface area contributed by atoms with E-state index in [0.717, 1.165) is 32.1 Å². The summed E-state index contributed by atoms with van der Waals surface area (Å²) >= 11 is 0. The van der Waals surface area contributed by atoms with Crippen molar-refractivity contribution in [2.24, 2.45) is 5.41 Å². The first-order chi connectivity index (χ1) is 8.23. The van der Waals surface area contributed by atoms with E-state index in [4.69, 9.17) is 4.74 Å². The summed E-state index contributed by atoms with van der Waals surface area (Å²) in [5.74, 6) is 0.250. The summed E-state index contributed by atoms with van der Waals surface area (Å²) in [5.41, 5.74) is -0.148.